The van der Waals surface area contributed by atoms with Gasteiger partial charge < -0.3 is 10.6 Å². The van der Waals surface area contributed by atoms with E-state index in [1.165, 1.54) is 0 Å². The van der Waals surface area contributed by atoms with Gasteiger partial charge in [-0.2, -0.15) is 0 Å². The van der Waals surface area contributed by atoms with Crippen LogP contribution in [0.3, 0.4) is 0 Å². The standard InChI is InChI=1S/C17H20N4O2/c1-2-12-18-17(23)21-20-15-10-8-14(9-11-15)19-16(22)13-6-4-3-5-7-13/h3-11,20H,2,12H2,1H3,(H,19,22)(H2,18,21,23). The summed E-state index contributed by atoms with van der Waals surface area (Å²) in [6.07, 6.45) is 0.878. The third kappa shape index (κ3) is 5.35. The number of carbonyl (C=O) groups excluding carboxylic acids is 2. The molecule has 0 atom stereocenters. The van der Waals surface area contributed by atoms with Gasteiger partial charge in [0.15, 0.2) is 0 Å². The number of benzene rings is 2. The Hall–Kier alpha value is -3.02. The van der Waals surface area contributed by atoms with Gasteiger partial charge >= 0.3 is 6.03 Å². The number of hydrazine groups is 1. The van der Waals surface area contributed by atoms with E-state index >= 15 is 0 Å². The van der Waals surface area contributed by atoms with E-state index in [1.807, 2.05) is 25.1 Å². The van der Waals surface area contributed by atoms with E-state index in [0.717, 1.165) is 6.42 Å². The van der Waals surface area contributed by atoms with Crippen LogP contribution in [0.15, 0.2) is 54.6 Å². The molecule has 2 aromatic carbocycles. The van der Waals surface area contributed by atoms with Gasteiger partial charge in [-0.05, 0) is 42.8 Å². The molecule has 0 fully saturated rings. The Morgan fingerprint density at radius 1 is 0.913 bits per heavy atom. The molecule has 0 saturated heterocycles. The van der Waals surface area contributed by atoms with Crippen LogP contribution in [-0.2, 0) is 0 Å². The third-order valence-corrected chi connectivity index (χ3v) is 3.03. The minimum atomic E-state index is -0.284. The topological polar surface area (TPSA) is 82.3 Å². The van der Waals surface area contributed by atoms with Crippen LogP contribution in [0, 0.1) is 0 Å². The molecule has 0 aliphatic rings. The Balaban J connectivity index is 1.85. The van der Waals surface area contributed by atoms with Crippen molar-refractivity contribution in [3.8, 4) is 0 Å². The maximum atomic E-state index is 12.0. The molecule has 0 aliphatic heterocycles. The summed E-state index contributed by atoms with van der Waals surface area (Å²) >= 11 is 0. The zero-order valence-corrected chi connectivity index (χ0v) is 12.9. The van der Waals surface area contributed by atoms with Crippen molar-refractivity contribution >= 4 is 23.3 Å². The van der Waals surface area contributed by atoms with Crippen LogP contribution in [-0.4, -0.2) is 18.5 Å². The van der Waals surface area contributed by atoms with Crippen molar-refractivity contribution in [3.63, 3.8) is 0 Å². The second-order valence-corrected chi connectivity index (χ2v) is 4.90. The van der Waals surface area contributed by atoms with Crippen molar-refractivity contribution in [2.75, 3.05) is 17.3 Å². The van der Waals surface area contributed by atoms with E-state index in [4.69, 9.17) is 0 Å². The SMILES string of the molecule is CCCNC(=O)NNc1ccc(NC(=O)c2ccccc2)cc1. The van der Waals surface area contributed by atoms with Crippen molar-refractivity contribution in [1.29, 1.82) is 0 Å². The van der Waals surface area contributed by atoms with E-state index in [2.05, 4.69) is 21.5 Å². The van der Waals surface area contributed by atoms with Gasteiger partial charge in [0.2, 0.25) is 0 Å². The first-order chi connectivity index (χ1) is 11.2. The lowest BCUT2D eigenvalue weighted by molar-refractivity contribution is 0.102. The van der Waals surface area contributed by atoms with Crippen LogP contribution in [0.25, 0.3) is 0 Å². The van der Waals surface area contributed by atoms with Crippen molar-refractivity contribution in [1.82, 2.24) is 10.7 Å². The van der Waals surface area contributed by atoms with E-state index in [0.29, 0.717) is 23.5 Å². The quantitative estimate of drug-likeness (QED) is 0.619. The average molecular weight is 312 g/mol. The highest BCUT2D eigenvalue weighted by atomic mass is 16.2. The molecule has 2 rings (SSSR count). The van der Waals surface area contributed by atoms with Gasteiger partial charge in [-0.25, -0.2) is 4.79 Å². The normalized spacial score (nSPS) is 9.78. The Morgan fingerprint density at radius 3 is 2.22 bits per heavy atom. The molecule has 120 valence electrons. The fourth-order valence-corrected chi connectivity index (χ4v) is 1.84. The fourth-order valence-electron chi connectivity index (χ4n) is 1.84. The van der Waals surface area contributed by atoms with Crippen LogP contribution < -0.4 is 21.5 Å². The highest BCUT2D eigenvalue weighted by Crippen LogP contribution is 2.14. The van der Waals surface area contributed by atoms with Crippen molar-refractivity contribution < 1.29 is 9.59 Å². The molecular formula is C17H20N4O2. The summed E-state index contributed by atoms with van der Waals surface area (Å²) in [6.45, 7) is 2.61. The fraction of sp³-hybridized carbons (Fsp3) is 0.176. The summed E-state index contributed by atoms with van der Waals surface area (Å²) in [5, 5.41) is 5.50. The largest absolute Gasteiger partial charge is 0.337 e. The predicted octanol–water partition coefficient (Wildman–Crippen LogP) is 2.98. The first-order valence-corrected chi connectivity index (χ1v) is 7.45. The van der Waals surface area contributed by atoms with Crippen LogP contribution in [0.2, 0.25) is 0 Å². The number of nitrogens with one attached hydrogen (secondary N) is 4. The Morgan fingerprint density at radius 2 is 1.57 bits per heavy atom. The van der Waals surface area contributed by atoms with E-state index < -0.39 is 0 Å². The summed E-state index contributed by atoms with van der Waals surface area (Å²) in [5.74, 6) is -0.164. The molecule has 4 N–H and O–H groups in total. The van der Waals surface area contributed by atoms with Crippen molar-refractivity contribution in [2.24, 2.45) is 0 Å². The van der Waals surface area contributed by atoms with Gasteiger partial charge in [0, 0.05) is 17.8 Å². The highest BCUT2D eigenvalue weighted by Gasteiger charge is 2.05. The molecule has 0 unspecified atom stereocenters. The summed E-state index contributed by atoms with van der Waals surface area (Å²) in [6, 6.07) is 15.8. The lowest BCUT2D eigenvalue weighted by Crippen LogP contribution is -2.39. The maximum absolute atomic E-state index is 12.0. The number of hydrogen-bond donors (Lipinski definition) is 4. The van der Waals surface area contributed by atoms with Crippen LogP contribution >= 0.6 is 0 Å². The Kier molecular flexibility index (Phi) is 5.99. The lowest BCUT2D eigenvalue weighted by atomic mass is 10.2. The van der Waals surface area contributed by atoms with Gasteiger partial charge in [0.1, 0.15) is 0 Å². The molecule has 0 saturated carbocycles. The average Bonchev–Trinajstić information content (AvgIpc) is 2.60. The second kappa shape index (κ2) is 8.43. The molecule has 23 heavy (non-hydrogen) atoms. The Labute approximate surface area is 135 Å². The predicted molar refractivity (Wildman–Crippen MR) is 91.3 cm³/mol. The molecule has 6 heteroatoms. The molecular weight excluding hydrogens is 292 g/mol. The van der Waals surface area contributed by atoms with Gasteiger partial charge in [0.05, 0.1) is 5.69 Å². The summed E-state index contributed by atoms with van der Waals surface area (Å²) in [4.78, 5) is 23.4. The summed E-state index contributed by atoms with van der Waals surface area (Å²) < 4.78 is 0. The van der Waals surface area contributed by atoms with Gasteiger partial charge in [-0.15, -0.1) is 0 Å². The van der Waals surface area contributed by atoms with E-state index in [-0.39, 0.29) is 11.9 Å². The number of carbonyl (C=O) groups is 2. The molecule has 6 nitrogen and oxygen atoms in total. The molecule has 0 bridgehead atoms. The Bertz CT molecular complexity index is 641. The van der Waals surface area contributed by atoms with Crippen LogP contribution in [0.4, 0.5) is 16.2 Å². The molecule has 3 amide bonds. The minimum absolute atomic E-state index is 0.164. The molecule has 0 spiro atoms. The van der Waals surface area contributed by atoms with Gasteiger partial charge in [0.25, 0.3) is 5.91 Å². The maximum Gasteiger partial charge on any atom is 0.333 e. The number of urea groups is 1. The highest BCUT2D eigenvalue weighted by molar-refractivity contribution is 6.04. The van der Waals surface area contributed by atoms with E-state index in [1.54, 1.807) is 36.4 Å². The number of rotatable bonds is 6. The summed E-state index contributed by atoms with van der Waals surface area (Å²) in [7, 11) is 0. The van der Waals surface area contributed by atoms with Crippen LogP contribution in [0.5, 0.6) is 0 Å². The van der Waals surface area contributed by atoms with Gasteiger partial charge in [-0.3, -0.25) is 15.6 Å². The number of hydrogen-bond acceptors (Lipinski definition) is 3. The molecule has 2 aromatic rings. The third-order valence-electron chi connectivity index (χ3n) is 3.03. The second-order valence-electron chi connectivity index (χ2n) is 4.90. The molecule has 0 radical (unpaired) electrons. The summed E-state index contributed by atoms with van der Waals surface area (Å²) in [5.41, 5.74) is 7.32. The number of anilines is 2. The monoisotopic (exact) mass is 312 g/mol. The zero-order chi connectivity index (χ0) is 16.5. The minimum Gasteiger partial charge on any atom is -0.337 e. The first-order valence-electron chi connectivity index (χ1n) is 7.45. The van der Waals surface area contributed by atoms with Crippen molar-refractivity contribution in [2.45, 2.75) is 13.3 Å². The first kappa shape index (κ1) is 16.4. The zero-order valence-electron chi connectivity index (χ0n) is 12.9. The van der Waals surface area contributed by atoms with Crippen LogP contribution in [0.1, 0.15) is 23.7 Å². The molecule has 0 aromatic heterocycles. The lowest BCUT2D eigenvalue weighted by Gasteiger charge is -2.10. The van der Waals surface area contributed by atoms with E-state index in [9.17, 15) is 9.59 Å². The molecule has 0 aliphatic carbocycles. The smallest absolute Gasteiger partial charge is 0.333 e. The molecule has 0 heterocycles. The van der Waals surface area contributed by atoms with Crippen molar-refractivity contribution in [3.05, 3.63) is 60.2 Å². The number of amides is 3. The van der Waals surface area contributed by atoms with Gasteiger partial charge in [-0.1, -0.05) is 25.1 Å².